The van der Waals surface area contributed by atoms with Crippen molar-refractivity contribution in [3.8, 4) is 0 Å². The molecule has 6 nitrogen and oxygen atoms in total. The van der Waals surface area contributed by atoms with Crippen LogP contribution in [0, 0.1) is 13.8 Å². The maximum absolute atomic E-state index is 12.8. The van der Waals surface area contributed by atoms with Crippen LogP contribution in [0.1, 0.15) is 46.3 Å². The maximum atomic E-state index is 12.8. The quantitative estimate of drug-likeness (QED) is 0.409. The Morgan fingerprint density at radius 1 is 1.17 bits per heavy atom. The third-order valence-electron chi connectivity index (χ3n) is 4.39. The van der Waals surface area contributed by atoms with Crippen molar-refractivity contribution >= 4 is 29.3 Å². The van der Waals surface area contributed by atoms with Gasteiger partial charge in [-0.3, -0.25) is 0 Å². The summed E-state index contributed by atoms with van der Waals surface area (Å²) in [6.45, 7) is 3.75. The van der Waals surface area contributed by atoms with Crippen LogP contribution in [-0.2, 0) is 25.5 Å². The van der Waals surface area contributed by atoms with Crippen molar-refractivity contribution in [2.45, 2.75) is 39.5 Å². The molecule has 1 aliphatic rings. The number of hydrogen-bond acceptors (Lipinski definition) is 6. The van der Waals surface area contributed by atoms with E-state index in [2.05, 4.69) is 9.89 Å². The van der Waals surface area contributed by atoms with Crippen molar-refractivity contribution in [2.75, 3.05) is 20.3 Å². The third kappa shape index (κ3) is 6.75. The molecule has 0 atom stereocenters. The molecule has 0 unspecified atom stereocenters. The Bertz CT molecular complexity index is 842. The average Bonchev–Trinajstić information content (AvgIpc) is 2.69. The van der Waals surface area contributed by atoms with E-state index in [1.54, 1.807) is 0 Å². The standard InChI is InChI=1S/C22H26ClNO5/c1-15-12-16(2)21(23)18-13-17(24-29-14-19(25)27-3)10-8-6-4-5-7-9-11-28-22(26)20(15)18/h5,7-8,10,12H,4,6,9,11,13-14H2,1-3H3/b7-5+,10-8+,24-17+. The minimum Gasteiger partial charge on any atom is -0.466 e. The fourth-order valence-corrected chi connectivity index (χ4v) is 3.18. The van der Waals surface area contributed by atoms with E-state index in [1.165, 1.54) is 7.11 Å². The summed E-state index contributed by atoms with van der Waals surface area (Å²) < 4.78 is 10.0. The van der Waals surface area contributed by atoms with Gasteiger partial charge in [0.25, 0.3) is 0 Å². The van der Waals surface area contributed by atoms with Gasteiger partial charge in [0.05, 0.1) is 25.0 Å². The summed E-state index contributed by atoms with van der Waals surface area (Å²) in [6.07, 6.45) is 10.4. The van der Waals surface area contributed by atoms with E-state index in [1.807, 2.05) is 44.2 Å². The van der Waals surface area contributed by atoms with Gasteiger partial charge in [-0.1, -0.05) is 41.1 Å². The molecule has 0 spiro atoms. The zero-order valence-corrected chi connectivity index (χ0v) is 17.8. The molecule has 1 aromatic carbocycles. The number of allylic oxidation sites excluding steroid dienone is 3. The molecule has 0 saturated heterocycles. The lowest BCUT2D eigenvalue weighted by atomic mass is 9.94. The molecule has 0 saturated carbocycles. The fourth-order valence-electron chi connectivity index (χ4n) is 2.97. The second kappa shape index (κ2) is 11.4. The average molecular weight is 420 g/mol. The number of oxime groups is 1. The number of methoxy groups -OCH3 is 1. The van der Waals surface area contributed by atoms with E-state index >= 15 is 0 Å². The predicted molar refractivity (Wildman–Crippen MR) is 112 cm³/mol. The van der Waals surface area contributed by atoms with Crippen LogP contribution in [-0.4, -0.2) is 38.0 Å². The van der Waals surface area contributed by atoms with E-state index in [9.17, 15) is 9.59 Å². The first kappa shape index (κ1) is 22.7. The lowest BCUT2D eigenvalue weighted by molar-refractivity contribution is -0.145. The molecule has 2 rings (SSSR count). The van der Waals surface area contributed by atoms with Crippen molar-refractivity contribution in [2.24, 2.45) is 5.16 Å². The number of nitrogens with zero attached hydrogens (tertiary/aromatic N) is 1. The number of rotatable bonds is 3. The van der Waals surface area contributed by atoms with Crippen LogP contribution < -0.4 is 0 Å². The van der Waals surface area contributed by atoms with Gasteiger partial charge >= 0.3 is 11.9 Å². The highest BCUT2D eigenvalue weighted by Gasteiger charge is 2.21. The molecule has 1 aliphatic heterocycles. The van der Waals surface area contributed by atoms with Gasteiger partial charge in [0, 0.05) is 11.4 Å². The Kier molecular flexibility index (Phi) is 8.93. The van der Waals surface area contributed by atoms with E-state index in [-0.39, 0.29) is 13.0 Å². The van der Waals surface area contributed by atoms with Crippen LogP contribution in [0.5, 0.6) is 0 Å². The number of aryl methyl sites for hydroxylation is 2. The number of ether oxygens (including phenoxy) is 2. The predicted octanol–water partition coefficient (Wildman–Crippen LogP) is 4.50. The van der Waals surface area contributed by atoms with Crippen LogP contribution in [0.3, 0.4) is 0 Å². The van der Waals surface area contributed by atoms with Crippen molar-refractivity contribution < 1.29 is 23.9 Å². The molecule has 0 radical (unpaired) electrons. The summed E-state index contributed by atoms with van der Waals surface area (Å²) in [7, 11) is 1.28. The van der Waals surface area contributed by atoms with Gasteiger partial charge in [0.15, 0.2) is 0 Å². The number of carbonyl (C=O) groups is 2. The first-order valence-corrected chi connectivity index (χ1v) is 9.84. The molecule has 0 amide bonds. The zero-order valence-electron chi connectivity index (χ0n) is 17.0. The van der Waals surface area contributed by atoms with Crippen LogP contribution in [0.25, 0.3) is 0 Å². The number of esters is 2. The number of cyclic esters (lactones) is 1. The minimum atomic E-state index is -0.530. The van der Waals surface area contributed by atoms with Crippen LogP contribution in [0.2, 0.25) is 5.02 Å². The molecule has 7 heteroatoms. The maximum Gasteiger partial charge on any atom is 0.346 e. The number of benzene rings is 1. The second-order valence-electron chi connectivity index (χ2n) is 6.66. The molecule has 1 aromatic rings. The first-order valence-electron chi connectivity index (χ1n) is 9.47. The van der Waals surface area contributed by atoms with E-state index in [0.29, 0.717) is 34.9 Å². The van der Waals surface area contributed by atoms with Gasteiger partial charge in [0.1, 0.15) is 0 Å². The molecule has 0 fully saturated rings. The smallest absolute Gasteiger partial charge is 0.346 e. The van der Waals surface area contributed by atoms with Gasteiger partial charge in [-0.15, -0.1) is 0 Å². The summed E-state index contributed by atoms with van der Waals surface area (Å²) in [4.78, 5) is 29.2. The van der Waals surface area contributed by atoms with Gasteiger partial charge < -0.3 is 14.3 Å². The Balaban J connectivity index is 2.45. The molecule has 0 aliphatic carbocycles. The van der Waals surface area contributed by atoms with Gasteiger partial charge in [-0.05, 0) is 55.9 Å². The lowest BCUT2D eigenvalue weighted by Gasteiger charge is -2.16. The highest BCUT2D eigenvalue weighted by Crippen LogP contribution is 2.29. The Hall–Kier alpha value is -2.60. The monoisotopic (exact) mass is 419 g/mol. The Morgan fingerprint density at radius 2 is 1.90 bits per heavy atom. The molecule has 0 N–H and O–H groups in total. The molecule has 29 heavy (non-hydrogen) atoms. The largest absolute Gasteiger partial charge is 0.466 e. The van der Waals surface area contributed by atoms with Crippen LogP contribution >= 0.6 is 11.6 Å². The van der Waals surface area contributed by atoms with E-state index in [0.717, 1.165) is 24.0 Å². The highest BCUT2D eigenvalue weighted by atomic mass is 35.5. The molecule has 0 bridgehead atoms. The van der Waals surface area contributed by atoms with Gasteiger partial charge in [-0.2, -0.15) is 0 Å². The van der Waals surface area contributed by atoms with Gasteiger partial charge in [-0.25, -0.2) is 9.59 Å². The zero-order chi connectivity index (χ0) is 21.2. The topological polar surface area (TPSA) is 74.2 Å². The van der Waals surface area contributed by atoms with Crippen LogP contribution in [0.15, 0.2) is 35.5 Å². The number of fused-ring (bicyclic) bond motifs is 1. The Morgan fingerprint density at radius 3 is 2.66 bits per heavy atom. The number of hydrogen-bond donors (Lipinski definition) is 0. The second-order valence-corrected chi connectivity index (χ2v) is 7.04. The number of halogens is 1. The molecular weight excluding hydrogens is 394 g/mol. The molecule has 156 valence electrons. The summed E-state index contributed by atoms with van der Waals surface area (Å²) in [6, 6.07) is 1.87. The normalized spacial score (nSPS) is 18.9. The SMILES string of the molecule is COC(=O)CO/N=C1\C=C\CC/C=C/CCOC(=O)c2c(C)cc(C)c(Cl)c2C1. The highest BCUT2D eigenvalue weighted by molar-refractivity contribution is 6.33. The van der Waals surface area contributed by atoms with E-state index < -0.39 is 11.9 Å². The van der Waals surface area contributed by atoms with E-state index in [4.69, 9.17) is 21.2 Å². The molecule has 0 aromatic heterocycles. The van der Waals surface area contributed by atoms with Crippen molar-refractivity contribution in [1.29, 1.82) is 0 Å². The summed E-state index contributed by atoms with van der Waals surface area (Å²) in [5, 5.41) is 4.56. The fraction of sp³-hybridized carbons (Fsp3) is 0.409. The Labute approximate surface area is 176 Å². The third-order valence-corrected chi connectivity index (χ3v) is 4.91. The lowest BCUT2D eigenvalue weighted by Crippen LogP contribution is -2.15. The summed E-state index contributed by atoms with van der Waals surface area (Å²) in [5.74, 6) is -0.943. The summed E-state index contributed by atoms with van der Waals surface area (Å²) in [5.41, 5.74) is 3.25. The molecular formula is C22H26ClNO5. The minimum absolute atomic E-state index is 0.263. The van der Waals surface area contributed by atoms with Gasteiger partial charge in [0.2, 0.25) is 6.61 Å². The number of carbonyl (C=O) groups excluding carboxylic acids is 2. The summed E-state index contributed by atoms with van der Waals surface area (Å²) >= 11 is 6.56. The van der Waals surface area contributed by atoms with Crippen LogP contribution in [0.4, 0.5) is 0 Å². The molecule has 1 heterocycles. The first-order chi connectivity index (χ1) is 13.9. The van der Waals surface area contributed by atoms with Crippen molar-refractivity contribution in [3.63, 3.8) is 0 Å². The van der Waals surface area contributed by atoms with Crippen molar-refractivity contribution in [1.82, 2.24) is 0 Å². The van der Waals surface area contributed by atoms with Crippen molar-refractivity contribution in [3.05, 3.63) is 57.6 Å².